The lowest BCUT2D eigenvalue weighted by Gasteiger charge is -2.36. The average Bonchev–Trinajstić information content (AvgIpc) is 2.74. The zero-order chi connectivity index (χ0) is 19.9. The van der Waals surface area contributed by atoms with Gasteiger partial charge in [0.25, 0.3) is 0 Å². The van der Waals surface area contributed by atoms with Crippen molar-refractivity contribution in [3.05, 3.63) is 58.1 Å². The Balaban J connectivity index is 1.68. The fourth-order valence-corrected chi connectivity index (χ4v) is 3.42. The second-order valence-corrected chi connectivity index (χ2v) is 6.44. The van der Waals surface area contributed by atoms with E-state index < -0.39 is 4.92 Å². The SMILES string of the molecule is COc1ccc(OCCN2CCNCC2c2ccccc2OC)c([N+](=O)[O-])c1. The van der Waals surface area contributed by atoms with Crippen molar-refractivity contribution in [1.29, 1.82) is 0 Å². The molecule has 150 valence electrons. The largest absolute Gasteiger partial charge is 0.496 e. The number of hydrogen-bond donors (Lipinski definition) is 1. The standard InChI is InChI=1S/C20H25N3O5/c1-26-15-7-8-20(17(13-15)23(24)25)28-12-11-22-10-9-21-14-18(22)16-5-3-4-6-19(16)27-2/h3-8,13,18,21H,9-12,14H2,1-2H3. The first-order chi connectivity index (χ1) is 13.6. The number of methoxy groups -OCH3 is 2. The summed E-state index contributed by atoms with van der Waals surface area (Å²) in [6.07, 6.45) is 0. The van der Waals surface area contributed by atoms with Gasteiger partial charge in [0.2, 0.25) is 0 Å². The van der Waals surface area contributed by atoms with Gasteiger partial charge in [-0.15, -0.1) is 0 Å². The Morgan fingerprint density at radius 3 is 2.75 bits per heavy atom. The molecule has 8 heteroatoms. The molecule has 0 radical (unpaired) electrons. The highest BCUT2D eigenvalue weighted by Gasteiger charge is 2.26. The molecule has 1 heterocycles. The molecule has 2 aromatic rings. The molecule has 3 rings (SSSR count). The van der Waals surface area contributed by atoms with Crippen molar-refractivity contribution >= 4 is 5.69 Å². The summed E-state index contributed by atoms with van der Waals surface area (Å²) in [6, 6.07) is 12.7. The first-order valence-electron chi connectivity index (χ1n) is 9.17. The van der Waals surface area contributed by atoms with Crippen molar-refractivity contribution in [2.75, 3.05) is 47.0 Å². The third kappa shape index (κ3) is 4.52. The van der Waals surface area contributed by atoms with E-state index in [0.717, 1.165) is 30.9 Å². The fraction of sp³-hybridized carbons (Fsp3) is 0.400. The third-order valence-electron chi connectivity index (χ3n) is 4.85. The topological polar surface area (TPSA) is 86.1 Å². The van der Waals surface area contributed by atoms with Crippen LogP contribution in [-0.2, 0) is 0 Å². The molecular weight excluding hydrogens is 362 g/mol. The van der Waals surface area contributed by atoms with Crippen LogP contribution in [0.2, 0.25) is 0 Å². The van der Waals surface area contributed by atoms with Gasteiger partial charge in [0.15, 0.2) is 5.75 Å². The van der Waals surface area contributed by atoms with Crippen LogP contribution in [-0.4, -0.2) is 56.8 Å². The molecule has 1 N–H and O–H groups in total. The van der Waals surface area contributed by atoms with E-state index in [0.29, 0.717) is 18.9 Å². The Kier molecular flexibility index (Phi) is 6.67. The Hall–Kier alpha value is -2.84. The minimum absolute atomic E-state index is 0.0964. The number of nitrogens with one attached hydrogen (secondary N) is 1. The first kappa shape index (κ1) is 19.9. The monoisotopic (exact) mass is 387 g/mol. The molecule has 0 bridgehead atoms. The molecule has 1 saturated heterocycles. The number of benzene rings is 2. The van der Waals surface area contributed by atoms with Crippen LogP contribution in [0.15, 0.2) is 42.5 Å². The zero-order valence-corrected chi connectivity index (χ0v) is 16.1. The van der Waals surface area contributed by atoms with Crippen molar-refractivity contribution in [3.8, 4) is 17.2 Å². The normalized spacial score (nSPS) is 17.1. The van der Waals surface area contributed by atoms with Gasteiger partial charge in [-0.05, 0) is 18.2 Å². The zero-order valence-electron chi connectivity index (χ0n) is 16.1. The molecule has 2 aromatic carbocycles. The number of rotatable bonds is 8. The lowest BCUT2D eigenvalue weighted by molar-refractivity contribution is -0.385. The number of nitro groups is 1. The van der Waals surface area contributed by atoms with Crippen LogP contribution in [0.25, 0.3) is 0 Å². The second-order valence-electron chi connectivity index (χ2n) is 6.44. The number of hydrogen-bond acceptors (Lipinski definition) is 7. The Bertz CT molecular complexity index is 814. The smallest absolute Gasteiger partial charge is 0.314 e. The van der Waals surface area contributed by atoms with Crippen molar-refractivity contribution in [2.45, 2.75) is 6.04 Å². The summed E-state index contributed by atoms with van der Waals surface area (Å²) in [5.41, 5.74) is 1.02. The van der Waals surface area contributed by atoms with Crippen LogP contribution in [0.3, 0.4) is 0 Å². The summed E-state index contributed by atoms with van der Waals surface area (Å²) in [7, 11) is 3.15. The van der Waals surface area contributed by atoms with Crippen molar-refractivity contribution in [3.63, 3.8) is 0 Å². The lowest BCUT2D eigenvalue weighted by Crippen LogP contribution is -2.47. The molecule has 8 nitrogen and oxygen atoms in total. The number of nitrogens with zero attached hydrogens (tertiary/aromatic N) is 2. The van der Waals surface area contributed by atoms with Gasteiger partial charge in [-0.25, -0.2) is 0 Å². The van der Waals surface area contributed by atoms with Gasteiger partial charge < -0.3 is 19.5 Å². The fourth-order valence-electron chi connectivity index (χ4n) is 3.42. The number of ether oxygens (including phenoxy) is 3. The molecule has 1 atom stereocenters. The summed E-state index contributed by atoms with van der Waals surface area (Å²) in [5.74, 6) is 1.53. The predicted octanol–water partition coefficient (Wildman–Crippen LogP) is 2.64. The second kappa shape index (κ2) is 9.38. The van der Waals surface area contributed by atoms with E-state index in [1.165, 1.54) is 13.2 Å². The lowest BCUT2D eigenvalue weighted by atomic mass is 10.0. The maximum absolute atomic E-state index is 11.3. The van der Waals surface area contributed by atoms with Gasteiger partial charge in [-0.3, -0.25) is 15.0 Å². The van der Waals surface area contributed by atoms with Gasteiger partial charge >= 0.3 is 5.69 Å². The molecule has 28 heavy (non-hydrogen) atoms. The highest BCUT2D eigenvalue weighted by molar-refractivity contribution is 5.50. The average molecular weight is 387 g/mol. The molecule has 0 aromatic heterocycles. The summed E-state index contributed by atoms with van der Waals surface area (Å²) < 4.78 is 16.3. The molecule has 1 aliphatic rings. The molecule has 1 unspecified atom stereocenters. The predicted molar refractivity (Wildman–Crippen MR) is 105 cm³/mol. The third-order valence-corrected chi connectivity index (χ3v) is 4.85. The van der Waals surface area contributed by atoms with E-state index in [-0.39, 0.29) is 17.5 Å². The molecular formula is C20H25N3O5. The van der Waals surface area contributed by atoms with E-state index in [2.05, 4.69) is 16.3 Å². The first-order valence-corrected chi connectivity index (χ1v) is 9.17. The molecule has 0 saturated carbocycles. The Labute approximate surface area is 164 Å². The number of piperazine rings is 1. The summed E-state index contributed by atoms with van der Waals surface area (Å²) in [4.78, 5) is 13.2. The molecule has 0 spiro atoms. The Morgan fingerprint density at radius 1 is 1.18 bits per heavy atom. The quantitative estimate of drug-likeness (QED) is 0.550. The van der Waals surface area contributed by atoms with E-state index in [1.807, 2.05) is 18.2 Å². The molecule has 1 fully saturated rings. The minimum Gasteiger partial charge on any atom is -0.496 e. The highest BCUT2D eigenvalue weighted by Crippen LogP contribution is 2.32. The van der Waals surface area contributed by atoms with Gasteiger partial charge in [0, 0.05) is 31.7 Å². The van der Waals surface area contributed by atoms with E-state index in [1.54, 1.807) is 19.2 Å². The van der Waals surface area contributed by atoms with E-state index in [9.17, 15) is 10.1 Å². The van der Waals surface area contributed by atoms with Crippen LogP contribution in [0.1, 0.15) is 11.6 Å². The van der Waals surface area contributed by atoms with E-state index >= 15 is 0 Å². The van der Waals surface area contributed by atoms with E-state index in [4.69, 9.17) is 14.2 Å². The number of para-hydroxylation sites is 1. The van der Waals surface area contributed by atoms with Crippen LogP contribution in [0.4, 0.5) is 5.69 Å². The van der Waals surface area contributed by atoms with Gasteiger partial charge in [0.05, 0.1) is 31.3 Å². The van der Waals surface area contributed by atoms with Crippen molar-refractivity contribution in [1.82, 2.24) is 10.2 Å². The van der Waals surface area contributed by atoms with Crippen LogP contribution < -0.4 is 19.5 Å². The van der Waals surface area contributed by atoms with Gasteiger partial charge in [-0.1, -0.05) is 18.2 Å². The van der Waals surface area contributed by atoms with Crippen LogP contribution >= 0.6 is 0 Å². The van der Waals surface area contributed by atoms with Gasteiger partial charge in [0.1, 0.15) is 18.1 Å². The molecule has 1 aliphatic heterocycles. The molecule has 0 amide bonds. The number of nitro benzene ring substituents is 1. The summed E-state index contributed by atoms with van der Waals surface area (Å²) in [5, 5.41) is 14.7. The summed E-state index contributed by atoms with van der Waals surface area (Å²) >= 11 is 0. The van der Waals surface area contributed by atoms with Crippen molar-refractivity contribution < 1.29 is 19.1 Å². The highest BCUT2D eigenvalue weighted by atomic mass is 16.6. The maximum atomic E-state index is 11.3. The summed E-state index contributed by atoms with van der Waals surface area (Å²) in [6.45, 7) is 3.54. The van der Waals surface area contributed by atoms with Crippen LogP contribution in [0.5, 0.6) is 17.2 Å². The Morgan fingerprint density at radius 2 is 2.00 bits per heavy atom. The van der Waals surface area contributed by atoms with Gasteiger partial charge in [-0.2, -0.15) is 0 Å². The minimum atomic E-state index is -0.458. The maximum Gasteiger partial charge on any atom is 0.314 e. The van der Waals surface area contributed by atoms with Crippen LogP contribution in [0, 0.1) is 10.1 Å². The molecule has 0 aliphatic carbocycles. The van der Waals surface area contributed by atoms with Crippen molar-refractivity contribution in [2.24, 2.45) is 0 Å².